The van der Waals surface area contributed by atoms with Crippen molar-refractivity contribution in [2.75, 3.05) is 19.6 Å². The summed E-state index contributed by atoms with van der Waals surface area (Å²) in [7, 11) is 0. The summed E-state index contributed by atoms with van der Waals surface area (Å²) in [5, 5.41) is 7.09. The Bertz CT molecular complexity index is 739. The van der Waals surface area contributed by atoms with E-state index in [0.29, 0.717) is 37.3 Å². The molecular weight excluding hydrogens is 294 g/mol. The second kappa shape index (κ2) is 6.36. The number of rotatable bonds is 4. The van der Waals surface area contributed by atoms with Crippen LogP contribution in [0.3, 0.4) is 0 Å². The lowest BCUT2D eigenvalue weighted by atomic mass is 10.1. The summed E-state index contributed by atoms with van der Waals surface area (Å²) in [6.07, 6.45) is 6.72. The number of fused-ring (bicyclic) bond motifs is 1. The Kier molecular flexibility index (Phi) is 4.27. The Morgan fingerprint density at radius 1 is 1.39 bits per heavy atom. The molecule has 0 bridgehead atoms. The van der Waals surface area contributed by atoms with Gasteiger partial charge in [0, 0.05) is 32.0 Å². The molecule has 1 aliphatic rings. The monoisotopic (exact) mass is 315 g/mol. The van der Waals surface area contributed by atoms with Crippen molar-refractivity contribution in [1.82, 2.24) is 24.8 Å². The number of nitrogens with one attached hydrogen (secondary N) is 1. The van der Waals surface area contributed by atoms with E-state index in [4.69, 9.17) is 0 Å². The largest absolute Gasteiger partial charge is 0.356 e. The molecule has 2 amide bonds. The zero-order chi connectivity index (χ0) is 16.4. The van der Waals surface area contributed by atoms with Gasteiger partial charge >= 0.3 is 0 Å². The molecule has 0 spiro atoms. The normalized spacial score (nSPS) is 17.7. The Labute approximate surface area is 134 Å². The van der Waals surface area contributed by atoms with Crippen LogP contribution in [0.5, 0.6) is 0 Å². The van der Waals surface area contributed by atoms with Crippen molar-refractivity contribution in [3.05, 3.63) is 29.7 Å². The SMILES string of the molecule is CCCNC(=O)[C@H]1CCN(C(=O)c2cnn3cc(C)cnc23)C1. The summed E-state index contributed by atoms with van der Waals surface area (Å²) in [6, 6.07) is 0. The molecule has 1 atom stereocenters. The van der Waals surface area contributed by atoms with Gasteiger partial charge in [0.2, 0.25) is 5.91 Å². The number of hydrogen-bond acceptors (Lipinski definition) is 4. The summed E-state index contributed by atoms with van der Waals surface area (Å²) in [4.78, 5) is 30.7. The molecule has 0 radical (unpaired) electrons. The fourth-order valence-electron chi connectivity index (χ4n) is 2.84. The fraction of sp³-hybridized carbons (Fsp3) is 0.500. The summed E-state index contributed by atoms with van der Waals surface area (Å²) in [6.45, 7) is 5.67. The van der Waals surface area contributed by atoms with Crippen LogP contribution in [0, 0.1) is 12.8 Å². The van der Waals surface area contributed by atoms with E-state index >= 15 is 0 Å². The average molecular weight is 315 g/mol. The van der Waals surface area contributed by atoms with Gasteiger partial charge < -0.3 is 10.2 Å². The highest BCUT2D eigenvalue weighted by Crippen LogP contribution is 2.20. The van der Waals surface area contributed by atoms with Crippen LogP contribution in [0.4, 0.5) is 0 Å². The molecule has 1 aliphatic heterocycles. The number of carbonyl (C=O) groups excluding carboxylic acids is 2. The molecular formula is C16H21N5O2. The summed E-state index contributed by atoms with van der Waals surface area (Å²) >= 11 is 0. The summed E-state index contributed by atoms with van der Waals surface area (Å²) < 4.78 is 1.62. The van der Waals surface area contributed by atoms with Gasteiger partial charge in [-0.15, -0.1) is 0 Å². The molecule has 1 N–H and O–H groups in total. The van der Waals surface area contributed by atoms with Gasteiger partial charge in [0.1, 0.15) is 5.56 Å². The van der Waals surface area contributed by atoms with Gasteiger partial charge in [-0.05, 0) is 25.3 Å². The van der Waals surface area contributed by atoms with E-state index in [-0.39, 0.29) is 17.7 Å². The summed E-state index contributed by atoms with van der Waals surface area (Å²) in [5.41, 5.74) is 2.02. The predicted molar refractivity (Wildman–Crippen MR) is 85.0 cm³/mol. The fourth-order valence-corrected chi connectivity index (χ4v) is 2.84. The Morgan fingerprint density at radius 3 is 3.00 bits per heavy atom. The molecule has 3 heterocycles. The highest BCUT2D eigenvalue weighted by molar-refractivity contribution is 6.00. The number of carbonyl (C=O) groups is 2. The number of aromatic nitrogens is 3. The van der Waals surface area contributed by atoms with Gasteiger partial charge in [0.05, 0.1) is 12.1 Å². The zero-order valence-corrected chi connectivity index (χ0v) is 13.5. The maximum absolute atomic E-state index is 12.7. The lowest BCUT2D eigenvalue weighted by molar-refractivity contribution is -0.124. The molecule has 122 valence electrons. The highest BCUT2D eigenvalue weighted by atomic mass is 16.2. The maximum atomic E-state index is 12.7. The molecule has 7 nitrogen and oxygen atoms in total. The molecule has 7 heteroatoms. The van der Waals surface area contributed by atoms with Crippen molar-refractivity contribution in [2.45, 2.75) is 26.7 Å². The number of hydrogen-bond donors (Lipinski definition) is 1. The first-order valence-corrected chi connectivity index (χ1v) is 7.97. The van der Waals surface area contributed by atoms with E-state index in [1.807, 2.05) is 20.0 Å². The standard InChI is InChI=1S/C16H21N5O2/c1-3-5-17-15(22)12-4-6-20(10-12)16(23)13-8-19-21-9-11(2)7-18-14(13)21/h7-9,12H,3-6,10H2,1-2H3,(H,17,22)/t12-/m0/s1. The average Bonchev–Trinajstić information content (AvgIpc) is 3.18. The molecule has 1 saturated heterocycles. The minimum Gasteiger partial charge on any atom is -0.356 e. The highest BCUT2D eigenvalue weighted by Gasteiger charge is 2.32. The van der Waals surface area contributed by atoms with Gasteiger partial charge in [-0.2, -0.15) is 5.10 Å². The van der Waals surface area contributed by atoms with Crippen molar-refractivity contribution in [1.29, 1.82) is 0 Å². The van der Waals surface area contributed by atoms with Gasteiger partial charge in [0.25, 0.3) is 5.91 Å². The maximum Gasteiger partial charge on any atom is 0.259 e. The number of amides is 2. The van der Waals surface area contributed by atoms with Crippen molar-refractivity contribution in [3.8, 4) is 0 Å². The lowest BCUT2D eigenvalue weighted by Crippen LogP contribution is -2.35. The van der Waals surface area contributed by atoms with Crippen molar-refractivity contribution < 1.29 is 9.59 Å². The van der Waals surface area contributed by atoms with E-state index in [9.17, 15) is 9.59 Å². The Hall–Kier alpha value is -2.44. The first-order valence-electron chi connectivity index (χ1n) is 7.97. The minimum absolute atomic E-state index is 0.0377. The van der Waals surface area contributed by atoms with Crippen LogP contribution in [0.25, 0.3) is 5.65 Å². The van der Waals surface area contributed by atoms with E-state index < -0.39 is 0 Å². The van der Waals surface area contributed by atoms with Crippen LogP contribution in [-0.2, 0) is 4.79 Å². The predicted octanol–water partition coefficient (Wildman–Crippen LogP) is 1.03. The number of nitrogens with zero attached hydrogens (tertiary/aromatic N) is 4. The second-order valence-corrected chi connectivity index (χ2v) is 5.99. The van der Waals surface area contributed by atoms with E-state index in [1.165, 1.54) is 0 Å². The van der Waals surface area contributed by atoms with Crippen LogP contribution >= 0.6 is 0 Å². The van der Waals surface area contributed by atoms with Crippen LogP contribution in [0.2, 0.25) is 0 Å². The quantitative estimate of drug-likeness (QED) is 0.914. The van der Waals surface area contributed by atoms with Crippen molar-refractivity contribution in [3.63, 3.8) is 0 Å². The first kappa shape index (κ1) is 15.5. The topological polar surface area (TPSA) is 79.6 Å². The van der Waals surface area contributed by atoms with Crippen molar-refractivity contribution >= 4 is 17.5 Å². The smallest absolute Gasteiger partial charge is 0.259 e. The van der Waals surface area contributed by atoms with Crippen LogP contribution in [0.15, 0.2) is 18.6 Å². The van der Waals surface area contributed by atoms with E-state index in [2.05, 4.69) is 15.4 Å². The first-order chi connectivity index (χ1) is 11.1. The van der Waals surface area contributed by atoms with Gasteiger partial charge in [-0.3, -0.25) is 9.59 Å². The Morgan fingerprint density at radius 2 is 2.22 bits per heavy atom. The molecule has 0 aromatic carbocycles. The number of aryl methyl sites for hydroxylation is 1. The zero-order valence-electron chi connectivity index (χ0n) is 13.5. The summed E-state index contributed by atoms with van der Waals surface area (Å²) in [5.74, 6) is -0.194. The second-order valence-electron chi connectivity index (χ2n) is 5.99. The molecule has 1 fully saturated rings. The Balaban J connectivity index is 1.72. The van der Waals surface area contributed by atoms with Crippen LogP contribution in [-0.4, -0.2) is 50.9 Å². The third-order valence-corrected chi connectivity index (χ3v) is 4.11. The van der Waals surface area contributed by atoms with Crippen LogP contribution < -0.4 is 5.32 Å². The molecule has 23 heavy (non-hydrogen) atoms. The van der Waals surface area contributed by atoms with E-state index in [1.54, 1.807) is 21.8 Å². The third-order valence-electron chi connectivity index (χ3n) is 4.11. The molecule has 0 unspecified atom stereocenters. The molecule has 3 rings (SSSR count). The van der Waals surface area contributed by atoms with Crippen LogP contribution in [0.1, 0.15) is 35.7 Å². The van der Waals surface area contributed by atoms with Gasteiger partial charge in [0.15, 0.2) is 5.65 Å². The van der Waals surface area contributed by atoms with E-state index in [0.717, 1.165) is 12.0 Å². The molecule has 2 aromatic heterocycles. The molecule has 0 aliphatic carbocycles. The molecule has 0 saturated carbocycles. The lowest BCUT2D eigenvalue weighted by Gasteiger charge is -2.15. The number of likely N-dealkylation sites (tertiary alicyclic amines) is 1. The minimum atomic E-state index is -0.123. The molecule has 2 aromatic rings. The van der Waals surface area contributed by atoms with Gasteiger partial charge in [-0.1, -0.05) is 6.92 Å². The third kappa shape index (κ3) is 3.04. The van der Waals surface area contributed by atoms with Gasteiger partial charge in [-0.25, -0.2) is 9.50 Å². The van der Waals surface area contributed by atoms with Crippen molar-refractivity contribution in [2.24, 2.45) is 5.92 Å².